The van der Waals surface area contributed by atoms with Gasteiger partial charge in [-0.15, -0.1) is 0 Å². The van der Waals surface area contributed by atoms with Crippen molar-refractivity contribution in [3.05, 3.63) is 0 Å². The number of aliphatic hydroxyl groups excluding tert-OH is 1. The highest BCUT2D eigenvalue weighted by Gasteiger charge is 2.15. The van der Waals surface area contributed by atoms with E-state index < -0.39 is 15.4 Å². The minimum atomic E-state index is -3.87. The van der Waals surface area contributed by atoms with Crippen LogP contribution in [0.15, 0.2) is 0 Å². The zero-order valence-corrected chi connectivity index (χ0v) is 18.8. The number of aliphatic hydroxyl groups is 1. The smallest absolute Gasteiger partial charge is 0.267 e. The predicted molar refractivity (Wildman–Crippen MR) is 116 cm³/mol. The molecule has 0 bridgehead atoms. The van der Waals surface area contributed by atoms with Crippen molar-refractivity contribution in [2.75, 3.05) is 0 Å². The van der Waals surface area contributed by atoms with Gasteiger partial charge in [-0.3, -0.25) is 4.55 Å². The van der Waals surface area contributed by atoms with Gasteiger partial charge in [-0.25, -0.2) is 0 Å². The Labute approximate surface area is 169 Å². The molecule has 0 fully saturated rings. The second kappa shape index (κ2) is 17.9. The molecule has 0 aromatic heterocycles. The highest BCUT2D eigenvalue weighted by Crippen LogP contribution is 2.16. The summed E-state index contributed by atoms with van der Waals surface area (Å²) < 4.78 is 30.7. The molecule has 4 nitrogen and oxygen atoms in total. The Balaban J connectivity index is 3.29. The molecule has 2 unspecified atom stereocenters. The van der Waals surface area contributed by atoms with E-state index in [1.807, 2.05) is 0 Å². The van der Waals surface area contributed by atoms with Crippen molar-refractivity contribution in [2.45, 2.75) is 141 Å². The number of unbranched alkanes of at least 4 members (excludes halogenated alkanes) is 13. The van der Waals surface area contributed by atoms with Gasteiger partial charge in [0.15, 0.2) is 0 Å². The minimum absolute atomic E-state index is 0.154. The summed E-state index contributed by atoms with van der Waals surface area (Å²) >= 11 is 0. The Hall–Kier alpha value is -0.130. The molecule has 27 heavy (non-hydrogen) atoms. The first-order valence-electron chi connectivity index (χ1n) is 11.5. The molecule has 0 aromatic carbocycles. The summed E-state index contributed by atoms with van der Waals surface area (Å²) in [6, 6.07) is 0. The maximum Gasteiger partial charge on any atom is 0.267 e. The van der Waals surface area contributed by atoms with Gasteiger partial charge in [-0.05, 0) is 26.2 Å². The SMILES string of the molecule is CCCCCCCCCCCCC(O)CCCCCCCC(C)S(=O)(=O)O. The quantitative estimate of drug-likeness (QED) is 0.175. The fourth-order valence-electron chi connectivity index (χ4n) is 3.50. The maximum atomic E-state index is 10.9. The van der Waals surface area contributed by atoms with Crippen LogP contribution in [0, 0.1) is 0 Å². The summed E-state index contributed by atoms with van der Waals surface area (Å²) in [6.45, 7) is 3.81. The van der Waals surface area contributed by atoms with E-state index in [1.54, 1.807) is 6.92 Å². The number of rotatable bonds is 20. The van der Waals surface area contributed by atoms with Gasteiger partial charge in [0.05, 0.1) is 11.4 Å². The average Bonchev–Trinajstić information content (AvgIpc) is 2.61. The van der Waals surface area contributed by atoms with Gasteiger partial charge in [-0.2, -0.15) is 8.42 Å². The van der Waals surface area contributed by atoms with Gasteiger partial charge in [-0.1, -0.05) is 103 Å². The predicted octanol–water partition coefficient (Wildman–Crippen LogP) is 6.67. The summed E-state index contributed by atoms with van der Waals surface area (Å²) in [5.74, 6) is 0. The molecule has 0 spiro atoms. The van der Waals surface area contributed by atoms with E-state index in [0.717, 1.165) is 51.4 Å². The van der Waals surface area contributed by atoms with Crippen molar-refractivity contribution in [3.8, 4) is 0 Å². The Morgan fingerprint density at radius 1 is 0.630 bits per heavy atom. The molecule has 0 saturated carbocycles. The van der Waals surface area contributed by atoms with Crippen molar-refractivity contribution in [3.63, 3.8) is 0 Å². The highest BCUT2D eigenvalue weighted by atomic mass is 32.2. The van der Waals surface area contributed by atoms with Crippen LogP contribution < -0.4 is 0 Å². The fourth-order valence-corrected chi connectivity index (χ4v) is 3.97. The molecule has 0 saturated heterocycles. The van der Waals surface area contributed by atoms with Crippen LogP contribution in [-0.2, 0) is 10.1 Å². The van der Waals surface area contributed by atoms with Gasteiger partial charge in [0.2, 0.25) is 0 Å². The highest BCUT2D eigenvalue weighted by molar-refractivity contribution is 7.86. The third-order valence-corrected chi connectivity index (χ3v) is 6.80. The van der Waals surface area contributed by atoms with Gasteiger partial charge in [0, 0.05) is 0 Å². The zero-order valence-electron chi connectivity index (χ0n) is 18.0. The lowest BCUT2D eigenvalue weighted by Crippen LogP contribution is -2.16. The molecule has 0 rings (SSSR count). The molecule has 0 heterocycles. The molecule has 0 amide bonds. The molecular weight excluding hydrogens is 360 g/mol. The molecular formula is C22H46O4S. The molecule has 164 valence electrons. The second-order valence-electron chi connectivity index (χ2n) is 8.30. The molecule has 0 aliphatic heterocycles. The maximum absolute atomic E-state index is 10.9. The van der Waals surface area contributed by atoms with Gasteiger partial charge in [0.1, 0.15) is 0 Å². The van der Waals surface area contributed by atoms with Crippen molar-refractivity contribution >= 4 is 10.1 Å². The fraction of sp³-hybridized carbons (Fsp3) is 1.00. The van der Waals surface area contributed by atoms with Crippen LogP contribution in [-0.4, -0.2) is 29.4 Å². The Bertz CT molecular complexity index is 409. The summed E-state index contributed by atoms with van der Waals surface area (Å²) in [4.78, 5) is 0. The molecule has 0 aliphatic rings. The van der Waals surface area contributed by atoms with E-state index in [0.29, 0.717) is 6.42 Å². The van der Waals surface area contributed by atoms with E-state index >= 15 is 0 Å². The zero-order chi connectivity index (χ0) is 20.4. The van der Waals surface area contributed by atoms with Gasteiger partial charge >= 0.3 is 0 Å². The Kier molecular flexibility index (Phi) is 17.8. The van der Waals surface area contributed by atoms with Gasteiger partial charge in [0.25, 0.3) is 10.1 Å². The van der Waals surface area contributed by atoms with Crippen molar-refractivity contribution < 1.29 is 18.1 Å². The van der Waals surface area contributed by atoms with E-state index in [2.05, 4.69) is 6.92 Å². The molecule has 2 atom stereocenters. The van der Waals surface area contributed by atoms with E-state index in [1.165, 1.54) is 57.8 Å². The van der Waals surface area contributed by atoms with Crippen molar-refractivity contribution in [1.82, 2.24) is 0 Å². The van der Waals surface area contributed by atoms with Crippen LogP contribution in [0.5, 0.6) is 0 Å². The Morgan fingerprint density at radius 3 is 1.33 bits per heavy atom. The first-order valence-corrected chi connectivity index (χ1v) is 13.0. The lowest BCUT2D eigenvalue weighted by Gasteiger charge is -2.10. The van der Waals surface area contributed by atoms with Crippen LogP contribution in [0.1, 0.15) is 129 Å². The molecule has 5 heteroatoms. The lowest BCUT2D eigenvalue weighted by molar-refractivity contribution is 0.147. The van der Waals surface area contributed by atoms with E-state index in [4.69, 9.17) is 4.55 Å². The third-order valence-electron chi connectivity index (χ3n) is 5.55. The van der Waals surface area contributed by atoms with Crippen LogP contribution in [0.4, 0.5) is 0 Å². The lowest BCUT2D eigenvalue weighted by atomic mass is 10.0. The largest absolute Gasteiger partial charge is 0.393 e. The minimum Gasteiger partial charge on any atom is -0.393 e. The second-order valence-corrected chi connectivity index (χ2v) is 10.1. The molecule has 0 radical (unpaired) electrons. The van der Waals surface area contributed by atoms with Crippen molar-refractivity contribution in [1.29, 1.82) is 0 Å². The summed E-state index contributed by atoms with van der Waals surface area (Å²) in [5.41, 5.74) is 0. The monoisotopic (exact) mass is 406 g/mol. The third kappa shape index (κ3) is 19.0. The van der Waals surface area contributed by atoms with Crippen LogP contribution >= 0.6 is 0 Å². The van der Waals surface area contributed by atoms with Crippen LogP contribution in [0.2, 0.25) is 0 Å². The van der Waals surface area contributed by atoms with Gasteiger partial charge < -0.3 is 5.11 Å². The summed E-state index contributed by atoms with van der Waals surface area (Å²) in [7, 11) is -3.87. The average molecular weight is 407 g/mol. The standard InChI is InChI=1S/C22H46O4S/c1-3-4-5-6-7-8-9-10-13-16-19-22(23)20-17-14-11-12-15-18-21(2)27(24,25)26/h21-23H,3-20H2,1-2H3,(H,24,25,26). The number of hydrogen-bond donors (Lipinski definition) is 2. The topological polar surface area (TPSA) is 74.6 Å². The molecule has 0 aromatic rings. The summed E-state index contributed by atoms with van der Waals surface area (Å²) in [6.07, 6.45) is 20.5. The molecule has 2 N–H and O–H groups in total. The summed E-state index contributed by atoms with van der Waals surface area (Å²) in [5, 5.41) is 9.39. The van der Waals surface area contributed by atoms with Crippen LogP contribution in [0.3, 0.4) is 0 Å². The van der Waals surface area contributed by atoms with Crippen molar-refractivity contribution in [2.24, 2.45) is 0 Å². The Morgan fingerprint density at radius 2 is 0.963 bits per heavy atom. The molecule has 0 aliphatic carbocycles. The van der Waals surface area contributed by atoms with E-state index in [9.17, 15) is 13.5 Å². The first-order chi connectivity index (χ1) is 12.9. The number of hydrogen-bond acceptors (Lipinski definition) is 3. The normalized spacial score (nSPS) is 14.4. The van der Waals surface area contributed by atoms with Crippen LogP contribution in [0.25, 0.3) is 0 Å². The van der Waals surface area contributed by atoms with E-state index in [-0.39, 0.29) is 6.10 Å². The first kappa shape index (κ1) is 26.9.